The van der Waals surface area contributed by atoms with Crippen LogP contribution in [0.25, 0.3) is 17.0 Å². The van der Waals surface area contributed by atoms with Crippen LogP contribution in [0.4, 0.5) is 0 Å². The minimum atomic E-state index is 0.0366. The molecule has 1 aliphatic rings. The zero-order valence-corrected chi connectivity index (χ0v) is 13.1. The molecule has 1 N–H and O–H groups in total. The van der Waals surface area contributed by atoms with Crippen LogP contribution in [0.2, 0.25) is 0 Å². The molecular weight excluding hydrogens is 290 g/mol. The van der Waals surface area contributed by atoms with Gasteiger partial charge in [-0.15, -0.1) is 0 Å². The van der Waals surface area contributed by atoms with Crippen LogP contribution >= 0.6 is 0 Å². The van der Waals surface area contributed by atoms with Gasteiger partial charge in [-0.25, -0.2) is 0 Å². The van der Waals surface area contributed by atoms with Gasteiger partial charge in [0.2, 0.25) is 5.91 Å². The first kappa shape index (κ1) is 15.6. The fraction of sp³-hybridized carbons (Fsp3) is 0.333. The molecule has 0 bridgehead atoms. The highest BCUT2D eigenvalue weighted by Crippen LogP contribution is 2.17. The van der Waals surface area contributed by atoms with Gasteiger partial charge < -0.3 is 10.0 Å². The van der Waals surface area contributed by atoms with Crippen LogP contribution < -0.4 is 0 Å². The largest absolute Gasteiger partial charge is 0.395 e. The zero-order chi connectivity index (χ0) is 16.1. The van der Waals surface area contributed by atoms with Crippen LogP contribution in [0.3, 0.4) is 0 Å². The van der Waals surface area contributed by atoms with E-state index in [2.05, 4.69) is 9.88 Å². The highest BCUT2D eigenvalue weighted by Gasteiger charge is 2.18. The summed E-state index contributed by atoms with van der Waals surface area (Å²) >= 11 is 0. The minimum absolute atomic E-state index is 0.0366. The predicted molar refractivity (Wildman–Crippen MR) is 90.9 cm³/mol. The van der Waals surface area contributed by atoms with Crippen LogP contribution in [-0.4, -0.2) is 65.1 Å². The molecule has 5 heteroatoms. The van der Waals surface area contributed by atoms with E-state index in [1.807, 2.05) is 41.3 Å². The molecule has 2 heterocycles. The maximum Gasteiger partial charge on any atom is 0.246 e. The minimum Gasteiger partial charge on any atom is -0.395 e. The van der Waals surface area contributed by atoms with E-state index in [-0.39, 0.29) is 12.5 Å². The zero-order valence-electron chi connectivity index (χ0n) is 13.1. The van der Waals surface area contributed by atoms with Crippen LogP contribution in [-0.2, 0) is 4.79 Å². The molecule has 0 unspecified atom stereocenters. The summed E-state index contributed by atoms with van der Waals surface area (Å²) in [6.45, 7) is 3.90. The molecule has 2 aromatic rings. The number of β-amino-alcohol motifs (C(OH)–C–C–N with tert-alkyl or cyclic N) is 1. The van der Waals surface area contributed by atoms with Crippen LogP contribution in [0, 0.1) is 0 Å². The van der Waals surface area contributed by atoms with E-state index in [4.69, 9.17) is 5.11 Å². The summed E-state index contributed by atoms with van der Waals surface area (Å²) in [5.41, 5.74) is 1.93. The number of nitrogens with zero attached hydrogens (tertiary/aromatic N) is 3. The molecule has 1 aliphatic heterocycles. The van der Waals surface area contributed by atoms with Gasteiger partial charge in [-0.05, 0) is 23.8 Å². The summed E-state index contributed by atoms with van der Waals surface area (Å²) in [5, 5.41) is 10.00. The molecular formula is C18H21N3O2. The molecule has 0 radical (unpaired) electrons. The molecule has 1 aromatic carbocycles. The number of fused-ring (bicyclic) bond motifs is 1. The van der Waals surface area contributed by atoms with Gasteiger partial charge in [-0.3, -0.25) is 14.7 Å². The summed E-state index contributed by atoms with van der Waals surface area (Å²) < 4.78 is 0. The third kappa shape index (κ3) is 3.75. The number of amides is 1. The van der Waals surface area contributed by atoms with Gasteiger partial charge in [-0.1, -0.05) is 18.2 Å². The predicted octanol–water partition coefficient (Wildman–Crippen LogP) is 1.38. The molecule has 23 heavy (non-hydrogen) atoms. The van der Waals surface area contributed by atoms with Crippen LogP contribution in [0.5, 0.6) is 0 Å². The number of aliphatic hydroxyl groups excluding tert-OH is 1. The van der Waals surface area contributed by atoms with Crippen LogP contribution in [0.15, 0.2) is 42.6 Å². The number of aromatic nitrogens is 1. The van der Waals surface area contributed by atoms with Crippen molar-refractivity contribution >= 4 is 22.9 Å². The SMILES string of the molecule is O=C(C=Cc1ccnc2ccccc12)N1CCN(CCO)CC1. The molecule has 5 nitrogen and oxygen atoms in total. The normalized spacial score (nSPS) is 16.3. The molecule has 120 valence electrons. The number of carbonyl (C=O) groups is 1. The molecule has 3 rings (SSSR count). The number of pyridine rings is 1. The fourth-order valence-electron chi connectivity index (χ4n) is 2.86. The summed E-state index contributed by atoms with van der Waals surface area (Å²) in [5.74, 6) is 0.0366. The second-order valence-corrected chi connectivity index (χ2v) is 5.64. The number of carbonyl (C=O) groups excluding carboxylic acids is 1. The van der Waals surface area contributed by atoms with E-state index in [1.165, 1.54) is 0 Å². The Labute approximate surface area is 135 Å². The van der Waals surface area contributed by atoms with Gasteiger partial charge in [0.25, 0.3) is 0 Å². The van der Waals surface area contributed by atoms with Gasteiger partial charge in [0, 0.05) is 50.4 Å². The van der Waals surface area contributed by atoms with Crippen LogP contribution in [0.1, 0.15) is 5.56 Å². The van der Waals surface area contributed by atoms with Gasteiger partial charge in [0.05, 0.1) is 12.1 Å². The number of rotatable bonds is 4. The summed E-state index contributed by atoms with van der Waals surface area (Å²) in [6, 6.07) is 9.84. The van der Waals surface area contributed by atoms with Crippen molar-refractivity contribution in [1.82, 2.24) is 14.8 Å². The second-order valence-electron chi connectivity index (χ2n) is 5.64. The maximum atomic E-state index is 12.3. The monoisotopic (exact) mass is 311 g/mol. The van der Waals surface area contributed by atoms with E-state index < -0.39 is 0 Å². The average Bonchev–Trinajstić information content (AvgIpc) is 2.60. The smallest absolute Gasteiger partial charge is 0.246 e. The van der Waals surface area contributed by atoms with Gasteiger partial charge in [0.15, 0.2) is 0 Å². The molecule has 0 spiro atoms. The lowest BCUT2D eigenvalue weighted by molar-refractivity contribution is -0.127. The first-order valence-electron chi connectivity index (χ1n) is 7.92. The Morgan fingerprint density at radius 2 is 1.96 bits per heavy atom. The Hall–Kier alpha value is -2.24. The lowest BCUT2D eigenvalue weighted by Crippen LogP contribution is -2.48. The third-order valence-electron chi connectivity index (χ3n) is 4.19. The summed E-state index contributed by atoms with van der Waals surface area (Å²) in [6.07, 6.45) is 5.27. The Kier molecular flexibility index (Phi) is 5.00. The van der Waals surface area contributed by atoms with E-state index in [1.54, 1.807) is 12.3 Å². The van der Waals surface area contributed by atoms with E-state index in [9.17, 15) is 4.79 Å². The summed E-state index contributed by atoms with van der Waals surface area (Å²) in [4.78, 5) is 20.7. The van der Waals surface area contributed by atoms with Gasteiger partial charge in [0.1, 0.15) is 0 Å². The number of para-hydroxylation sites is 1. The van der Waals surface area contributed by atoms with E-state index >= 15 is 0 Å². The molecule has 1 saturated heterocycles. The Morgan fingerprint density at radius 3 is 2.74 bits per heavy atom. The molecule has 1 fully saturated rings. The molecule has 1 aromatic heterocycles. The maximum absolute atomic E-state index is 12.3. The van der Waals surface area contributed by atoms with Crippen molar-refractivity contribution in [1.29, 1.82) is 0 Å². The second kappa shape index (κ2) is 7.35. The molecule has 1 amide bonds. The molecule has 0 saturated carbocycles. The molecule has 0 atom stereocenters. The number of aliphatic hydroxyl groups is 1. The Balaban J connectivity index is 1.67. The van der Waals surface area contributed by atoms with Crippen molar-refractivity contribution in [2.24, 2.45) is 0 Å². The van der Waals surface area contributed by atoms with E-state index in [0.717, 1.165) is 29.6 Å². The average molecular weight is 311 g/mol. The van der Waals surface area contributed by atoms with Crippen molar-refractivity contribution in [3.8, 4) is 0 Å². The van der Waals surface area contributed by atoms with Crippen molar-refractivity contribution in [2.75, 3.05) is 39.3 Å². The van der Waals surface area contributed by atoms with Crippen molar-refractivity contribution in [2.45, 2.75) is 0 Å². The topological polar surface area (TPSA) is 56.7 Å². The van der Waals surface area contributed by atoms with Crippen molar-refractivity contribution < 1.29 is 9.90 Å². The Morgan fingerprint density at radius 1 is 1.17 bits per heavy atom. The van der Waals surface area contributed by atoms with E-state index in [0.29, 0.717) is 19.6 Å². The number of hydrogen-bond acceptors (Lipinski definition) is 4. The fourth-order valence-corrected chi connectivity index (χ4v) is 2.86. The van der Waals surface area contributed by atoms with Gasteiger partial charge >= 0.3 is 0 Å². The van der Waals surface area contributed by atoms with Crippen molar-refractivity contribution in [3.05, 3.63) is 48.2 Å². The van der Waals surface area contributed by atoms with Crippen molar-refractivity contribution in [3.63, 3.8) is 0 Å². The quantitative estimate of drug-likeness (QED) is 0.867. The lowest BCUT2D eigenvalue weighted by atomic mass is 10.1. The highest BCUT2D eigenvalue weighted by molar-refractivity contribution is 5.95. The molecule has 0 aliphatic carbocycles. The Bertz CT molecular complexity index is 701. The number of piperazine rings is 1. The summed E-state index contributed by atoms with van der Waals surface area (Å²) in [7, 11) is 0. The lowest BCUT2D eigenvalue weighted by Gasteiger charge is -2.33. The van der Waals surface area contributed by atoms with Gasteiger partial charge in [-0.2, -0.15) is 0 Å². The third-order valence-corrected chi connectivity index (χ3v) is 4.19. The highest BCUT2D eigenvalue weighted by atomic mass is 16.3. The standard InChI is InChI=1S/C18H21N3O2/c22-14-13-20-9-11-21(12-10-20)18(23)6-5-15-7-8-19-17-4-2-1-3-16(15)17/h1-8,22H,9-14H2. The first-order chi connectivity index (χ1) is 11.3. The number of hydrogen-bond donors (Lipinski definition) is 1. The first-order valence-corrected chi connectivity index (χ1v) is 7.92. The number of benzene rings is 1.